The number of benzene rings is 7. The second-order valence-corrected chi connectivity index (χ2v) is 12.8. The average Bonchev–Trinajstić information content (AvgIpc) is 3.21. The summed E-state index contributed by atoms with van der Waals surface area (Å²) in [5.74, 6) is 0. The van der Waals surface area contributed by atoms with Crippen molar-refractivity contribution in [1.82, 2.24) is 15.0 Å². The van der Waals surface area contributed by atoms with Crippen LogP contribution in [0.25, 0.3) is 76.8 Å². The highest BCUT2D eigenvalue weighted by Gasteiger charge is 2.19. The van der Waals surface area contributed by atoms with Crippen LogP contribution in [0.5, 0.6) is 0 Å². The molecule has 0 bridgehead atoms. The minimum atomic E-state index is 0.906. The van der Waals surface area contributed by atoms with Gasteiger partial charge in [0, 0.05) is 61.3 Å². The minimum Gasteiger partial charge on any atom is -0.311 e. The third-order valence-corrected chi connectivity index (χ3v) is 9.84. The van der Waals surface area contributed by atoms with Crippen molar-refractivity contribution in [3.8, 4) is 22.5 Å². The first kappa shape index (κ1) is 29.0. The first-order valence-electron chi connectivity index (χ1n) is 17.2. The van der Waals surface area contributed by atoms with Gasteiger partial charge in [-0.3, -0.25) is 4.98 Å². The number of anilines is 3. The van der Waals surface area contributed by atoms with Gasteiger partial charge in [0.2, 0.25) is 0 Å². The fourth-order valence-corrected chi connectivity index (χ4v) is 7.49. The summed E-state index contributed by atoms with van der Waals surface area (Å²) in [4.78, 5) is 17.7. The molecule has 0 amide bonds. The van der Waals surface area contributed by atoms with E-state index in [2.05, 4.69) is 175 Å². The fourth-order valence-electron chi connectivity index (χ4n) is 7.49. The van der Waals surface area contributed by atoms with Crippen molar-refractivity contribution in [2.75, 3.05) is 4.90 Å². The Labute approximate surface area is 294 Å². The van der Waals surface area contributed by atoms with Gasteiger partial charge in [-0.25, -0.2) is 9.97 Å². The number of fused-ring (bicyclic) bond motifs is 8. The number of pyridine rings is 3. The molecule has 51 heavy (non-hydrogen) atoms. The van der Waals surface area contributed by atoms with Crippen molar-refractivity contribution in [3.63, 3.8) is 0 Å². The number of hydrogen-bond acceptors (Lipinski definition) is 4. The van der Waals surface area contributed by atoms with E-state index in [4.69, 9.17) is 15.0 Å². The van der Waals surface area contributed by atoms with E-state index >= 15 is 0 Å². The molecule has 0 N–H and O–H groups in total. The molecular formula is C47H30N4. The molecule has 0 atom stereocenters. The molecule has 3 aromatic heterocycles. The Balaban J connectivity index is 1.21. The Morgan fingerprint density at radius 1 is 0.412 bits per heavy atom. The van der Waals surface area contributed by atoms with Crippen LogP contribution in [0.3, 0.4) is 0 Å². The molecule has 0 saturated heterocycles. The Kier molecular flexibility index (Phi) is 6.78. The normalized spacial score (nSPS) is 11.5. The highest BCUT2D eigenvalue weighted by atomic mass is 15.1. The van der Waals surface area contributed by atoms with Gasteiger partial charge in [0.25, 0.3) is 0 Å². The molecule has 0 spiro atoms. The Morgan fingerprint density at radius 3 is 1.76 bits per heavy atom. The summed E-state index contributed by atoms with van der Waals surface area (Å²) in [6.07, 6.45) is 1.84. The van der Waals surface area contributed by atoms with E-state index in [1.54, 1.807) is 0 Å². The van der Waals surface area contributed by atoms with Crippen molar-refractivity contribution < 1.29 is 0 Å². The maximum absolute atomic E-state index is 5.35. The molecule has 7 aromatic carbocycles. The predicted molar refractivity (Wildman–Crippen MR) is 213 cm³/mol. The maximum atomic E-state index is 5.35. The lowest BCUT2D eigenvalue weighted by Crippen LogP contribution is -2.09. The van der Waals surface area contributed by atoms with Gasteiger partial charge < -0.3 is 4.90 Å². The Hall–Kier alpha value is -6.91. The van der Waals surface area contributed by atoms with E-state index in [1.807, 2.05) is 12.3 Å². The lowest BCUT2D eigenvalue weighted by molar-refractivity contribution is 1.28. The van der Waals surface area contributed by atoms with Gasteiger partial charge in [-0.1, -0.05) is 115 Å². The van der Waals surface area contributed by atoms with Crippen molar-refractivity contribution in [3.05, 3.63) is 182 Å². The number of rotatable bonds is 5. The molecule has 0 saturated carbocycles. The highest BCUT2D eigenvalue weighted by molar-refractivity contribution is 6.25. The van der Waals surface area contributed by atoms with Gasteiger partial charge in [0.05, 0.1) is 27.9 Å². The molecule has 0 fully saturated rings. The van der Waals surface area contributed by atoms with Crippen LogP contribution in [-0.2, 0) is 0 Å². The second-order valence-electron chi connectivity index (χ2n) is 12.8. The summed E-state index contributed by atoms with van der Waals surface area (Å²) in [5, 5.41) is 7.92. The quantitative estimate of drug-likeness (QED) is 0.174. The summed E-state index contributed by atoms with van der Waals surface area (Å²) in [7, 11) is 0. The SMILES string of the molecule is c1ccc(N(c2ccccc2)c2ccc(-c3nc4ccccc4c4c3cc(-c3ccc5ccc6cccnc6c5n3)c3ccccc34)cc2)cc1. The van der Waals surface area contributed by atoms with E-state index in [0.29, 0.717) is 0 Å². The molecule has 3 heterocycles. The molecule has 4 heteroatoms. The van der Waals surface area contributed by atoms with Crippen molar-refractivity contribution in [2.24, 2.45) is 0 Å². The Bertz CT molecular complexity index is 2860. The van der Waals surface area contributed by atoms with Gasteiger partial charge >= 0.3 is 0 Å². The first-order chi connectivity index (χ1) is 25.3. The number of aromatic nitrogens is 3. The third kappa shape index (κ3) is 4.88. The summed E-state index contributed by atoms with van der Waals surface area (Å²) >= 11 is 0. The highest BCUT2D eigenvalue weighted by Crippen LogP contribution is 2.42. The molecule has 0 aliphatic carbocycles. The second kappa shape index (κ2) is 11.9. The molecule has 0 unspecified atom stereocenters. The van der Waals surface area contributed by atoms with Crippen LogP contribution in [0.1, 0.15) is 0 Å². The smallest absolute Gasteiger partial charge is 0.0972 e. The minimum absolute atomic E-state index is 0.906. The van der Waals surface area contributed by atoms with Gasteiger partial charge in [-0.15, -0.1) is 0 Å². The lowest BCUT2D eigenvalue weighted by Gasteiger charge is -2.25. The van der Waals surface area contributed by atoms with Crippen LogP contribution in [0.2, 0.25) is 0 Å². The number of hydrogen-bond donors (Lipinski definition) is 0. The topological polar surface area (TPSA) is 41.9 Å². The standard InChI is InChI=1S/C47H30N4/c1-3-13-34(14-4-1)51(35-15-5-2-6-16-35)36-26-23-32(24-27-36)45-41-30-40(43-28-25-33-22-21-31-12-11-29-48-46(31)47(33)50-43)37-17-7-8-18-38(37)44(41)39-19-9-10-20-42(39)49-45/h1-30H. The zero-order valence-electron chi connectivity index (χ0n) is 27.6. The maximum Gasteiger partial charge on any atom is 0.0972 e. The fraction of sp³-hybridized carbons (Fsp3) is 0. The van der Waals surface area contributed by atoms with Crippen LogP contribution in [0.15, 0.2) is 182 Å². The van der Waals surface area contributed by atoms with Crippen molar-refractivity contribution >= 4 is 71.3 Å². The van der Waals surface area contributed by atoms with E-state index in [1.165, 1.54) is 10.8 Å². The van der Waals surface area contributed by atoms with Gasteiger partial charge in [0.15, 0.2) is 0 Å². The van der Waals surface area contributed by atoms with Crippen LogP contribution >= 0.6 is 0 Å². The molecule has 10 rings (SSSR count). The zero-order chi connectivity index (χ0) is 33.7. The summed E-state index contributed by atoms with van der Waals surface area (Å²) in [6.45, 7) is 0. The van der Waals surface area contributed by atoms with Crippen LogP contribution in [0, 0.1) is 0 Å². The van der Waals surface area contributed by atoms with Crippen LogP contribution < -0.4 is 4.90 Å². The molecule has 0 aliphatic heterocycles. The van der Waals surface area contributed by atoms with Crippen molar-refractivity contribution in [1.29, 1.82) is 0 Å². The molecule has 4 nitrogen and oxygen atoms in total. The first-order valence-corrected chi connectivity index (χ1v) is 17.2. The molecule has 10 aromatic rings. The van der Waals surface area contributed by atoms with Crippen LogP contribution in [-0.4, -0.2) is 15.0 Å². The van der Waals surface area contributed by atoms with E-state index < -0.39 is 0 Å². The van der Waals surface area contributed by atoms with Crippen LogP contribution in [0.4, 0.5) is 17.1 Å². The average molecular weight is 651 g/mol. The summed E-state index contributed by atoms with van der Waals surface area (Å²) < 4.78 is 0. The summed E-state index contributed by atoms with van der Waals surface area (Å²) in [6, 6.07) is 61.9. The van der Waals surface area contributed by atoms with Gasteiger partial charge in [0.1, 0.15) is 0 Å². The largest absolute Gasteiger partial charge is 0.311 e. The molecular weight excluding hydrogens is 621 g/mol. The monoisotopic (exact) mass is 650 g/mol. The summed E-state index contributed by atoms with van der Waals surface area (Å²) in [5.41, 5.74) is 10.1. The number of nitrogens with zero attached hydrogens (tertiary/aromatic N) is 4. The third-order valence-electron chi connectivity index (χ3n) is 9.84. The molecule has 0 radical (unpaired) electrons. The lowest BCUT2D eigenvalue weighted by atomic mass is 9.91. The van der Waals surface area contributed by atoms with Gasteiger partial charge in [-0.2, -0.15) is 0 Å². The van der Waals surface area contributed by atoms with E-state index in [-0.39, 0.29) is 0 Å². The van der Waals surface area contributed by atoms with Crippen molar-refractivity contribution in [2.45, 2.75) is 0 Å². The van der Waals surface area contributed by atoms with E-state index in [9.17, 15) is 0 Å². The van der Waals surface area contributed by atoms with Gasteiger partial charge in [-0.05, 0) is 71.4 Å². The predicted octanol–water partition coefficient (Wildman–Crippen LogP) is 12.4. The Morgan fingerprint density at radius 2 is 1.02 bits per heavy atom. The zero-order valence-corrected chi connectivity index (χ0v) is 27.6. The molecule has 238 valence electrons. The number of para-hydroxylation sites is 3. The van der Waals surface area contributed by atoms with E-state index in [0.717, 1.165) is 83.1 Å². The molecule has 0 aliphatic rings.